The van der Waals surface area contributed by atoms with Crippen LogP contribution < -0.4 is 4.74 Å². The van der Waals surface area contributed by atoms with Crippen LogP contribution in [-0.2, 0) is 9.53 Å². The summed E-state index contributed by atoms with van der Waals surface area (Å²) in [5.74, 6) is -2.30. The zero-order valence-electron chi connectivity index (χ0n) is 17.6. The molecular formula is C20H22F6N2O4S. The van der Waals surface area contributed by atoms with Gasteiger partial charge in [-0.1, -0.05) is 23.9 Å². The number of rotatable bonds is 6. The minimum atomic E-state index is -5.00. The normalized spacial score (nSPS) is 21.6. The second-order valence-corrected chi connectivity index (χ2v) is 8.70. The minimum Gasteiger partial charge on any atom is -0.477 e. The van der Waals surface area contributed by atoms with Gasteiger partial charge in [0.05, 0.1) is 6.04 Å². The minimum absolute atomic E-state index is 0.108. The van der Waals surface area contributed by atoms with Crippen molar-refractivity contribution in [2.45, 2.75) is 49.9 Å². The molecule has 0 radical (unpaired) electrons. The van der Waals surface area contributed by atoms with Crippen LogP contribution in [0, 0.1) is 0 Å². The number of ether oxygens (including phenoxy) is 2. The molecule has 1 saturated heterocycles. The topological polar surface area (TPSA) is 62.2 Å². The van der Waals surface area contributed by atoms with Crippen LogP contribution in [0.3, 0.4) is 0 Å². The van der Waals surface area contributed by atoms with E-state index < -0.39 is 46.4 Å². The molecule has 2 aliphatic heterocycles. The standard InChI is InChI=1S/C20H22F6N2O4S/c1-11(12-4-3-5-14(10-12)32-20(24,25)26)28-16(19(21,22)23)15(17(29)30)33-18(28)27(2)13-6-8-31-9-7-13/h3-5,10-11,13,18H,6-9H2,1-2H3,(H,29,30). The molecule has 1 aromatic rings. The Labute approximate surface area is 190 Å². The van der Waals surface area contributed by atoms with Crippen molar-refractivity contribution < 1.29 is 45.7 Å². The first-order valence-electron chi connectivity index (χ1n) is 9.94. The Morgan fingerprint density at radius 2 is 1.88 bits per heavy atom. The number of carboxylic acid groups (broad SMARTS) is 1. The van der Waals surface area contributed by atoms with Crippen molar-refractivity contribution in [2.75, 3.05) is 20.3 Å². The molecule has 13 heteroatoms. The van der Waals surface area contributed by atoms with E-state index in [1.807, 2.05) is 0 Å². The Hall–Kier alpha value is -2.12. The van der Waals surface area contributed by atoms with E-state index in [1.54, 1.807) is 11.9 Å². The van der Waals surface area contributed by atoms with Gasteiger partial charge in [-0.05, 0) is 44.5 Å². The zero-order chi connectivity index (χ0) is 24.6. The molecule has 2 unspecified atom stereocenters. The highest BCUT2D eigenvalue weighted by molar-refractivity contribution is 8.04. The fourth-order valence-corrected chi connectivity index (χ4v) is 5.33. The van der Waals surface area contributed by atoms with Crippen LogP contribution in [0.15, 0.2) is 34.9 Å². The summed E-state index contributed by atoms with van der Waals surface area (Å²) in [6.45, 7) is 2.23. The molecule has 2 heterocycles. The summed E-state index contributed by atoms with van der Waals surface area (Å²) >= 11 is 0.561. The van der Waals surface area contributed by atoms with Crippen molar-refractivity contribution in [3.05, 3.63) is 40.4 Å². The Morgan fingerprint density at radius 3 is 2.42 bits per heavy atom. The number of benzene rings is 1. The highest BCUT2D eigenvalue weighted by Crippen LogP contribution is 2.50. The van der Waals surface area contributed by atoms with Gasteiger partial charge in [0.1, 0.15) is 21.8 Å². The number of alkyl halides is 6. The second-order valence-electron chi connectivity index (χ2n) is 7.64. The molecule has 1 N–H and O–H groups in total. The molecule has 3 rings (SSSR count). The molecule has 0 spiro atoms. The van der Waals surface area contributed by atoms with Crippen molar-refractivity contribution in [2.24, 2.45) is 0 Å². The molecule has 2 aliphatic rings. The molecule has 1 fully saturated rings. The Morgan fingerprint density at radius 1 is 1.24 bits per heavy atom. The van der Waals surface area contributed by atoms with E-state index in [-0.39, 0.29) is 11.6 Å². The fourth-order valence-electron chi connectivity index (χ4n) is 3.94. The fraction of sp³-hybridized carbons (Fsp3) is 0.550. The number of carbonyl (C=O) groups is 1. The van der Waals surface area contributed by atoms with Crippen molar-refractivity contribution >= 4 is 17.7 Å². The van der Waals surface area contributed by atoms with Crippen LogP contribution in [0.4, 0.5) is 26.3 Å². The number of hydrogen-bond acceptors (Lipinski definition) is 6. The monoisotopic (exact) mass is 500 g/mol. The molecule has 0 aliphatic carbocycles. The van der Waals surface area contributed by atoms with Gasteiger partial charge in [-0.25, -0.2) is 4.79 Å². The lowest BCUT2D eigenvalue weighted by molar-refractivity contribution is -0.274. The predicted octanol–water partition coefficient (Wildman–Crippen LogP) is 4.95. The Bertz CT molecular complexity index is 901. The maximum atomic E-state index is 14.1. The van der Waals surface area contributed by atoms with Crippen LogP contribution >= 0.6 is 11.8 Å². The SMILES string of the molecule is CC(c1cccc(OC(F)(F)F)c1)N1C(C(F)(F)F)=C(C(=O)O)SC1N(C)C1CCOCC1. The maximum Gasteiger partial charge on any atom is 0.573 e. The first kappa shape index (κ1) is 25.5. The molecule has 0 aromatic heterocycles. The molecule has 0 amide bonds. The highest BCUT2D eigenvalue weighted by atomic mass is 32.2. The third-order valence-electron chi connectivity index (χ3n) is 5.50. The van der Waals surface area contributed by atoms with Gasteiger partial charge in [-0.2, -0.15) is 13.2 Å². The number of allylic oxidation sites excluding steroid dienone is 1. The number of thioether (sulfide) groups is 1. The number of aliphatic carboxylic acids is 1. The molecule has 0 saturated carbocycles. The van der Waals surface area contributed by atoms with E-state index in [0.29, 0.717) is 37.8 Å². The smallest absolute Gasteiger partial charge is 0.477 e. The Balaban J connectivity index is 2.03. The van der Waals surface area contributed by atoms with Crippen molar-refractivity contribution in [1.82, 2.24) is 9.80 Å². The van der Waals surface area contributed by atoms with Crippen molar-refractivity contribution in [3.8, 4) is 5.75 Å². The van der Waals surface area contributed by atoms with Crippen LogP contribution in [0.2, 0.25) is 0 Å². The maximum absolute atomic E-state index is 14.1. The van der Waals surface area contributed by atoms with Crippen LogP contribution in [0.5, 0.6) is 5.75 Å². The third kappa shape index (κ3) is 5.87. The molecule has 2 atom stereocenters. The number of carboxylic acids is 1. The number of nitrogens with zero attached hydrogens (tertiary/aromatic N) is 2. The highest BCUT2D eigenvalue weighted by Gasteiger charge is 2.52. The first-order valence-corrected chi connectivity index (χ1v) is 10.8. The molecule has 1 aromatic carbocycles. The summed E-state index contributed by atoms with van der Waals surface area (Å²) in [6.07, 6.45) is -8.87. The quantitative estimate of drug-likeness (QED) is 0.555. The predicted molar refractivity (Wildman–Crippen MR) is 107 cm³/mol. The Kier molecular flexibility index (Phi) is 7.44. The van der Waals surface area contributed by atoms with Gasteiger partial charge < -0.3 is 19.5 Å². The van der Waals surface area contributed by atoms with Crippen LogP contribution in [0.1, 0.15) is 31.4 Å². The van der Waals surface area contributed by atoms with Gasteiger partial charge in [-0.3, -0.25) is 4.90 Å². The van der Waals surface area contributed by atoms with E-state index in [0.717, 1.165) is 17.0 Å². The molecule has 184 valence electrons. The van der Waals surface area contributed by atoms with E-state index in [4.69, 9.17) is 4.74 Å². The summed E-state index contributed by atoms with van der Waals surface area (Å²) in [7, 11) is 1.61. The average Bonchev–Trinajstić information content (AvgIpc) is 3.14. The zero-order valence-corrected chi connectivity index (χ0v) is 18.4. The number of halogens is 6. The summed E-state index contributed by atoms with van der Waals surface area (Å²) in [4.78, 5) is 13.5. The number of hydrogen-bond donors (Lipinski definition) is 1. The molecule has 33 heavy (non-hydrogen) atoms. The van der Waals surface area contributed by atoms with Gasteiger partial charge in [0, 0.05) is 19.3 Å². The third-order valence-corrected chi connectivity index (χ3v) is 6.88. The summed E-state index contributed by atoms with van der Waals surface area (Å²) in [5, 5.41) is 9.51. The van der Waals surface area contributed by atoms with Gasteiger partial charge in [0.15, 0.2) is 0 Å². The average molecular weight is 500 g/mol. The van der Waals surface area contributed by atoms with Crippen molar-refractivity contribution in [1.29, 1.82) is 0 Å². The lowest BCUT2D eigenvalue weighted by Gasteiger charge is -2.43. The van der Waals surface area contributed by atoms with E-state index in [2.05, 4.69) is 4.74 Å². The molecule has 6 nitrogen and oxygen atoms in total. The van der Waals surface area contributed by atoms with Crippen LogP contribution in [-0.4, -0.2) is 65.2 Å². The van der Waals surface area contributed by atoms with Gasteiger partial charge in [0.2, 0.25) is 0 Å². The first-order chi connectivity index (χ1) is 15.3. The largest absolute Gasteiger partial charge is 0.573 e. The van der Waals surface area contributed by atoms with Gasteiger partial charge in [0.25, 0.3) is 0 Å². The molecular weight excluding hydrogens is 478 g/mol. The summed E-state index contributed by atoms with van der Waals surface area (Å²) in [5.41, 5.74) is -2.27. The lowest BCUT2D eigenvalue weighted by atomic mass is 10.0. The van der Waals surface area contributed by atoms with E-state index >= 15 is 0 Å². The molecule has 0 bridgehead atoms. The van der Waals surface area contributed by atoms with E-state index in [1.165, 1.54) is 19.1 Å². The van der Waals surface area contributed by atoms with E-state index in [9.17, 15) is 36.2 Å². The van der Waals surface area contributed by atoms with Gasteiger partial charge >= 0.3 is 18.5 Å². The van der Waals surface area contributed by atoms with Gasteiger partial charge in [-0.15, -0.1) is 13.2 Å². The lowest BCUT2D eigenvalue weighted by Crippen LogP contribution is -2.50. The summed E-state index contributed by atoms with van der Waals surface area (Å²) < 4.78 is 89.4. The second kappa shape index (κ2) is 9.63. The summed E-state index contributed by atoms with van der Waals surface area (Å²) in [6, 6.07) is 3.38. The van der Waals surface area contributed by atoms with Crippen molar-refractivity contribution in [3.63, 3.8) is 0 Å². The van der Waals surface area contributed by atoms with Crippen LogP contribution in [0.25, 0.3) is 0 Å².